The third-order valence-corrected chi connectivity index (χ3v) is 2.61. The zero-order valence-electron chi connectivity index (χ0n) is 10.4. The summed E-state index contributed by atoms with van der Waals surface area (Å²) >= 11 is 0. The van der Waals surface area contributed by atoms with Crippen LogP contribution in [0.15, 0.2) is 24.3 Å². The van der Waals surface area contributed by atoms with Gasteiger partial charge in [0.15, 0.2) is 0 Å². The van der Waals surface area contributed by atoms with Gasteiger partial charge in [0.25, 0.3) is 5.95 Å². The standard InChI is InChI=1S/C12H17N5/c1-9(2)11-6-4-10(5-7-11)8-13-12-14-16-17(3)15-12/h4-7,9H,8H2,1-3H3,(H,13,15). The van der Waals surface area contributed by atoms with Crippen LogP contribution in [0.25, 0.3) is 0 Å². The fourth-order valence-electron chi connectivity index (χ4n) is 1.56. The van der Waals surface area contributed by atoms with Gasteiger partial charge in [-0.3, -0.25) is 0 Å². The first-order valence-electron chi connectivity index (χ1n) is 5.72. The van der Waals surface area contributed by atoms with E-state index in [2.05, 4.69) is 58.8 Å². The second-order valence-electron chi connectivity index (χ2n) is 4.35. The average Bonchev–Trinajstić information content (AvgIpc) is 2.73. The number of benzene rings is 1. The SMILES string of the molecule is CC(C)c1ccc(CNc2nnn(C)n2)cc1. The Morgan fingerprint density at radius 3 is 2.47 bits per heavy atom. The maximum absolute atomic E-state index is 4.05. The van der Waals surface area contributed by atoms with Gasteiger partial charge in [0, 0.05) is 6.54 Å². The lowest BCUT2D eigenvalue weighted by molar-refractivity contribution is 0.630. The van der Waals surface area contributed by atoms with Crippen LogP contribution in [-0.4, -0.2) is 20.2 Å². The molecular weight excluding hydrogens is 214 g/mol. The van der Waals surface area contributed by atoms with Crippen molar-refractivity contribution in [3.05, 3.63) is 35.4 Å². The number of hydrogen-bond acceptors (Lipinski definition) is 4. The van der Waals surface area contributed by atoms with E-state index in [1.54, 1.807) is 7.05 Å². The molecule has 90 valence electrons. The first kappa shape index (κ1) is 11.6. The van der Waals surface area contributed by atoms with Gasteiger partial charge in [-0.05, 0) is 22.3 Å². The topological polar surface area (TPSA) is 55.6 Å². The van der Waals surface area contributed by atoms with E-state index >= 15 is 0 Å². The minimum atomic E-state index is 0.556. The van der Waals surface area contributed by atoms with Gasteiger partial charge in [-0.15, -0.1) is 5.10 Å². The molecule has 0 aliphatic heterocycles. The maximum Gasteiger partial charge on any atom is 0.263 e. The Bertz CT molecular complexity index is 472. The molecule has 5 nitrogen and oxygen atoms in total. The van der Waals surface area contributed by atoms with E-state index in [0.717, 1.165) is 0 Å². The van der Waals surface area contributed by atoms with E-state index < -0.39 is 0 Å². The molecule has 0 aliphatic carbocycles. The van der Waals surface area contributed by atoms with E-state index in [1.807, 2.05) is 0 Å². The van der Waals surface area contributed by atoms with Gasteiger partial charge in [-0.25, -0.2) is 0 Å². The maximum atomic E-state index is 4.05. The van der Waals surface area contributed by atoms with Crippen LogP contribution in [0.4, 0.5) is 5.95 Å². The summed E-state index contributed by atoms with van der Waals surface area (Å²) < 4.78 is 0. The van der Waals surface area contributed by atoms with Crippen molar-refractivity contribution in [3.63, 3.8) is 0 Å². The second-order valence-corrected chi connectivity index (χ2v) is 4.35. The largest absolute Gasteiger partial charge is 0.348 e. The molecule has 0 bridgehead atoms. The van der Waals surface area contributed by atoms with Gasteiger partial charge in [-0.1, -0.05) is 43.2 Å². The first-order chi connectivity index (χ1) is 8.15. The molecule has 0 aliphatic rings. The Labute approximate surface area is 101 Å². The molecule has 1 N–H and O–H groups in total. The summed E-state index contributed by atoms with van der Waals surface area (Å²) in [7, 11) is 1.75. The molecule has 0 unspecified atom stereocenters. The third-order valence-electron chi connectivity index (χ3n) is 2.61. The smallest absolute Gasteiger partial charge is 0.263 e. The molecule has 0 atom stereocenters. The van der Waals surface area contributed by atoms with Crippen LogP contribution in [0.2, 0.25) is 0 Å². The number of tetrazole rings is 1. The summed E-state index contributed by atoms with van der Waals surface area (Å²) in [6.45, 7) is 5.09. The van der Waals surface area contributed by atoms with Crippen LogP contribution in [-0.2, 0) is 13.6 Å². The molecule has 0 radical (unpaired) electrons. The quantitative estimate of drug-likeness (QED) is 0.873. The van der Waals surface area contributed by atoms with Gasteiger partial charge in [0.05, 0.1) is 7.05 Å². The van der Waals surface area contributed by atoms with Gasteiger partial charge in [-0.2, -0.15) is 4.80 Å². The highest BCUT2D eigenvalue weighted by Crippen LogP contribution is 2.14. The van der Waals surface area contributed by atoms with Crippen molar-refractivity contribution in [1.82, 2.24) is 20.2 Å². The Hall–Kier alpha value is -1.91. The second kappa shape index (κ2) is 4.95. The van der Waals surface area contributed by atoms with Gasteiger partial charge in [0.1, 0.15) is 0 Å². The number of aryl methyl sites for hydroxylation is 1. The van der Waals surface area contributed by atoms with Crippen LogP contribution in [0.1, 0.15) is 30.9 Å². The van der Waals surface area contributed by atoms with Crippen molar-refractivity contribution in [3.8, 4) is 0 Å². The summed E-state index contributed by atoms with van der Waals surface area (Å²) in [5, 5.41) is 14.8. The highest BCUT2D eigenvalue weighted by atomic mass is 15.6. The van der Waals surface area contributed by atoms with E-state index in [0.29, 0.717) is 18.4 Å². The Morgan fingerprint density at radius 2 is 1.94 bits per heavy atom. The third kappa shape index (κ3) is 3.03. The average molecular weight is 231 g/mol. The van der Waals surface area contributed by atoms with Crippen LogP contribution >= 0.6 is 0 Å². The number of rotatable bonds is 4. The minimum absolute atomic E-state index is 0.556. The number of nitrogens with zero attached hydrogens (tertiary/aromatic N) is 4. The van der Waals surface area contributed by atoms with E-state index in [9.17, 15) is 0 Å². The molecule has 17 heavy (non-hydrogen) atoms. The van der Waals surface area contributed by atoms with Crippen LogP contribution in [0, 0.1) is 0 Å². The zero-order chi connectivity index (χ0) is 12.3. The van der Waals surface area contributed by atoms with Gasteiger partial charge >= 0.3 is 0 Å². The molecule has 2 aromatic rings. The van der Waals surface area contributed by atoms with Crippen molar-refractivity contribution < 1.29 is 0 Å². The number of hydrogen-bond donors (Lipinski definition) is 1. The van der Waals surface area contributed by atoms with Crippen molar-refractivity contribution in [2.24, 2.45) is 7.05 Å². The molecule has 0 fully saturated rings. The lowest BCUT2D eigenvalue weighted by Crippen LogP contribution is -2.02. The molecule has 0 saturated carbocycles. The normalized spacial score (nSPS) is 10.8. The number of aromatic nitrogens is 4. The summed E-state index contributed by atoms with van der Waals surface area (Å²) in [5.41, 5.74) is 2.56. The highest BCUT2D eigenvalue weighted by molar-refractivity contribution is 5.28. The Morgan fingerprint density at radius 1 is 1.24 bits per heavy atom. The van der Waals surface area contributed by atoms with Gasteiger partial charge < -0.3 is 5.32 Å². The Kier molecular flexibility index (Phi) is 3.37. The van der Waals surface area contributed by atoms with Crippen molar-refractivity contribution in [1.29, 1.82) is 0 Å². The van der Waals surface area contributed by atoms with Crippen molar-refractivity contribution in [2.45, 2.75) is 26.3 Å². The fraction of sp³-hybridized carbons (Fsp3) is 0.417. The first-order valence-corrected chi connectivity index (χ1v) is 5.72. The number of anilines is 1. The van der Waals surface area contributed by atoms with E-state index in [-0.39, 0.29) is 0 Å². The lowest BCUT2D eigenvalue weighted by atomic mass is 10.0. The van der Waals surface area contributed by atoms with Crippen LogP contribution < -0.4 is 5.32 Å². The lowest BCUT2D eigenvalue weighted by Gasteiger charge is -2.06. The van der Waals surface area contributed by atoms with Crippen LogP contribution in [0.5, 0.6) is 0 Å². The predicted octanol–water partition coefficient (Wildman–Crippen LogP) is 1.95. The summed E-state index contributed by atoms with van der Waals surface area (Å²) in [6.07, 6.45) is 0. The minimum Gasteiger partial charge on any atom is -0.348 e. The molecule has 5 heteroatoms. The van der Waals surface area contributed by atoms with E-state index in [1.165, 1.54) is 15.9 Å². The molecule has 0 saturated heterocycles. The van der Waals surface area contributed by atoms with E-state index in [4.69, 9.17) is 0 Å². The highest BCUT2D eigenvalue weighted by Gasteiger charge is 2.01. The van der Waals surface area contributed by atoms with Gasteiger partial charge in [0.2, 0.25) is 0 Å². The monoisotopic (exact) mass is 231 g/mol. The molecule has 1 aromatic carbocycles. The molecule has 0 spiro atoms. The fourth-order valence-corrected chi connectivity index (χ4v) is 1.56. The van der Waals surface area contributed by atoms with Crippen molar-refractivity contribution in [2.75, 3.05) is 5.32 Å². The summed E-state index contributed by atoms with van der Waals surface area (Å²) in [5.74, 6) is 1.12. The predicted molar refractivity (Wildman–Crippen MR) is 66.7 cm³/mol. The molecule has 0 amide bonds. The molecule has 1 aromatic heterocycles. The molecule has 2 rings (SSSR count). The summed E-state index contributed by atoms with van der Waals surface area (Å²) in [6, 6.07) is 8.56. The summed E-state index contributed by atoms with van der Waals surface area (Å²) in [4.78, 5) is 1.43. The Balaban J connectivity index is 1.95. The molecule has 1 heterocycles. The zero-order valence-corrected chi connectivity index (χ0v) is 10.4. The number of nitrogens with one attached hydrogen (secondary N) is 1. The van der Waals surface area contributed by atoms with Crippen LogP contribution in [0.3, 0.4) is 0 Å². The van der Waals surface area contributed by atoms with Crippen molar-refractivity contribution >= 4 is 5.95 Å². The molecular formula is C12H17N5.